The largest absolute Gasteiger partial charge is 0.507 e. The summed E-state index contributed by atoms with van der Waals surface area (Å²) in [6.45, 7) is 0.744. The molecule has 0 radical (unpaired) electrons. The number of carbonyl (C=O) groups is 5. The number of primary amides is 1. The molecule has 2 aromatic rings. The number of benzene rings is 1. The molecular weight excluding hydrogens is 534 g/mol. The van der Waals surface area contributed by atoms with Crippen LogP contribution in [0, 0.1) is 23.7 Å². The number of thiophene rings is 1. The van der Waals surface area contributed by atoms with Gasteiger partial charge in [-0.15, -0.1) is 11.3 Å². The molecule has 6 rings (SSSR count). The van der Waals surface area contributed by atoms with Gasteiger partial charge in [-0.2, -0.15) is 0 Å². The highest BCUT2D eigenvalue weighted by atomic mass is 32.1. The van der Waals surface area contributed by atoms with Crippen LogP contribution in [0.1, 0.15) is 40.1 Å². The summed E-state index contributed by atoms with van der Waals surface area (Å²) in [5, 5.41) is 25.9. The highest BCUT2D eigenvalue weighted by molar-refractivity contribution is 7.15. The monoisotopic (exact) mass is 565 g/mol. The van der Waals surface area contributed by atoms with Crippen molar-refractivity contribution < 1.29 is 34.2 Å². The van der Waals surface area contributed by atoms with E-state index in [0.717, 1.165) is 21.9 Å². The molecule has 6 unspecified atom stereocenters. The maximum Gasteiger partial charge on any atom is 0.235 e. The van der Waals surface area contributed by atoms with Gasteiger partial charge in [0.25, 0.3) is 0 Å². The second-order valence-electron chi connectivity index (χ2n) is 11.7. The molecule has 1 aromatic carbocycles. The quantitative estimate of drug-likeness (QED) is 0.371. The number of aliphatic hydroxyl groups is 1. The van der Waals surface area contributed by atoms with Gasteiger partial charge in [-0.3, -0.25) is 28.9 Å². The molecule has 5 N–H and O–H groups in total. The van der Waals surface area contributed by atoms with E-state index in [0.29, 0.717) is 11.6 Å². The molecular formula is C29H31N3O7S. The smallest absolute Gasteiger partial charge is 0.235 e. The summed E-state index contributed by atoms with van der Waals surface area (Å²) in [7, 11) is 3.13. The number of ketones is 4. The van der Waals surface area contributed by atoms with Gasteiger partial charge in [0, 0.05) is 28.3 Å². The fourth-order valence-corrected chi connectivity index (χ4v) is 8.00. The van der Waals surface area contributed by atoms with E-state index in [1.165, 1.54) is 23.8 Å². The van der Waals surface area contributed by atoms with Gasteiger partial charge >= 0.3 is 0 Å². The average Bonchev–Trinajstić information content (AvgIpc) is 3.60. The third-order valence-corrected chi connectivity index (χ3v) is 10.1. The fraction of sp³-hybridized carbons (Fsp3) is 0.483. The molecule has 1 amide bonds. The van der Waals surface area contributed by atoms with E-state index in [2.05, 4.69) is 5.32 Å². The van der Waals surface area contributed by atoms with Crippen molar-refractivity contribution in [3.05, 3.63) is 40.3 Å². The summed E-state index contributed by atoms with van der Waals surface area (Å²) < 4.78 is 0. The van der Waals surface area contributed by atoms with Gasteiger partial charge in [0.2, 0.25) is 5.91 Å². The number of likely N-dealkylation sites (N-methyl/N-ethyl adjacent to an activating group) is 1. The Labute approximate surface area is 234 Å². The molecule has 0 spiro atoms. The fourth-order valence-electron chi connectivity index (χ4n) is 6.99. The van der Waals surface area contributed by atoms with Gasteiger partial charge in [0.1, 0.15) is 5.75 Å². The lowest BCUT2D eigenvalue weighted by Gasteiger charge is -2.52. The summed E-state index contributed by atoms with van der Waals surface area (Å²) in [4.78, 5) is 70.1. The Kier molecular flexibility index (Phi) is 6.34. The van der Waals surface area contributed by atoms with Gasteiger partial charge in [0.15, 0.2) is 34.7 Å². The number of amides is 1. The molecule has 40 heavy (non-hydrogen) atoms. The van der Waals surface area contributed by atoms with Crippen molar-refractivity contribution in [2.75, 3.05) is 14.1 Å². The van der Waals surface area contributed by atoms with Crippen molar-refractivity contribution in [2.24, 2.45) is 29.4 Å². The second kappa shape index (κ2) is 9.41. The van der Waals surface area contributed by atoms with Crippen LogP contribution in [0.2, 0.25) is 0 Å². The zero-order valence-corrected chi connectivity index (χ0v) is 23.0. The molecule has 1 heterocycles. The summed E-state index contributed by atoms with van der Waals surface area (Å²) in [6.07, 6.45) is 2.62. The summed E-state index contributed by atoms with van der Waals surface area (Å²) >= 11 is 1.59. The average molecular weight is 566 g/mol. The maximum atomic E-state index is 13.9. The molecule has 0 saturated heterocycles. The number of hydrogen-bond acceptors (Lipinski definition) is 10. The molecule has 11 heteroatoms. The molecule has 0 bridgehead atoms. The Morgan fingerprint density at radius 1 is 1.12 bits per heavy atom. The van der Waals surface area contributed by atoms with E-state index in [-0.39, 0.29) is 24.2 Å². The summed E-state index contributed by atoms with van der Waals surface area (Å²) in [5.41, 5.74) is 4.04. The van der Waals surface area contributed by atoms with Crippen LogP contribution in [0.4, 0.5) is 0 Å². The molecule has 0 aliphatic heterocycles. The Morgan fingerprint density at radius 2 is 1.85 bits per heavy atom. The zero-order chi connectivity index (χ0) is 28.7. The van der Waals surface area contributed by atoms with E-state index in [9.17, 15) is 34.2 Å². The second-order valence-corrected chi connectivity index (χ2v) is 12.9. The molecule has 1 aromatic heterocycles. The van der Waals surface area contributed by atoms with E-state index in [4.69, 9.17) is 5.73 Å². The van der Waals surface area contributed by atoms with Crippen molar-refractivity contribution in [3.63, 3.8) is 0 Å². The lowest BCUT2D eigenvalue weighted by molar-refractivity contribution is -0.181. The minimum atomic E-state index is -2.72. The van der Waals surface area contributed by atoms with E-state index >= 15 is 0 Å². The van der Waals surface area contributed by atoms with Crippen molar-refractivity contribution in [1.29, 1.82) is 0 Å². The maximum absolute atomic E-state index is 13.9. The number of hydrogen-bond donors (Lipinski definition) is 4. The topological polar surface area (TPSA) is 167 Å². The first-order valence-electron chi connectivity index (χ1n) is 13.5. The van der Waals surface area contributed by atoms with Crippen molar-refractivity contribution in [2.45, 2.75) is 49.9 Å². The van der Waals surface area contributed by atoms with E-state index < -0.39 is 64.4 Å². The van der Waals surface area contributed by atoms with Crippen LogP contribution < -0.4 is 11.1 Å². The van der Waals surface area contributed by atoms with Gasteiger partial charge in [0.05, 0.1) is 17.5 Å². The normalized spacial score (nSPS) is 31.6. The SMILES string of the molecule is CN(C)C1C(=O)C(C(N)=O)C(=O)C2(O)C(=O)C3C(=O)c4c(O)ccc(-c5ccc(CNC6CC6)s5)c4CC3CC12. The van der Waals surface area contributed by atoms with Crippen LogP contribution in [0.25, 0.3) is 10.4 Å². The third-order valence-electron chi connectivity index (χ3n) is 9.01. The standard InChI is InChI=1S/C29H31N3O7S/c1-32(2)23-17-10-12-9-16-15(19-8-5-14(40-19)11-31-13-3-4-13)6-7-18(33)21(16)24(34)20(12)26(36)29(17,39)27(37)22(25(23)35)28(30)38/h5-8,12-13,17,20,22-23,31,33,39H,3-4,9-11H2,1-2H3,(H2,30,38). The highest BCUT2D eigenvalue weighted by Gasteiger charge is 2.69. The number of nitrogens with two attached hydrogens (primary N) is 1. The highest BCUT2D eigenvalue weighted by Crippen LogP contribution is 2.52. The van der Waals surface area contributed by atoms with Crippen molar-refractivity contribution in [3.8, 4) is 16.2 Å². The predicted molar refractivity (Wildman–Crippen MR) is 145 cm³/mol. The van der Waals surface area contributed by atoms with Crippen LogP contribution in [0.3, 0.4) is 0 Å². The van der Waals surface area contributed by atoms with Crippen LogP contribution in [-0.2, 0) is 32.1 Å². The molecule has 6 atom stereocenters. The number of fused-ring (bicyclic) bond motifs is 3. The number of rotatable bonds is 6. The summed E-state index contributed by atoms with van der Waals surface area (Å²) in [5.74, 6) is -10.4. The molecule has 3 saturated carbocycles. The van der Waals surface area contributed by atoms with Crippen LogP contribution in [0.5, 0.6) is 5.75 Å². The van der Waals surface area contributed by atoms with Gasteiger partial charge in [-0.1, -0.05) is 0 Å². The van der Waals surface area contributed by atoms with Crippen LogP contribution >= 0.6 is 11.3 Å². The minimum absolute atomic E-state index is 0.00940. The Balaban J connectivity index is 1.41. The van der Waals surface area contributed by atoms with Crippen molar-refractivity contribution >= 4 is 40.4 Å². The molecule has 210 valence electrons. The number of Topliss-reactive ketones (excluding diaryl/α,β-unsaturated/α-hetero) is 4. The van der Waals surface area contributed by atoms with E-state index in [1.54, 1.807) is 31.5 Å². The first-order chi connectivity index (χ1) is 18.9. The van der Waals surface area contributed by atoms with Crippen LogP contribution in [0.15, 0.2) is 24.3 Å². The molecule has 3 fully saturated rings. The Hall–Kier alpha value is -3.25. The zero-order valence-electron chi connectivity index (χ0n) is 22.2. The van der Waals surface area contributed by atoms with E-state index in [1.807, 2.05) is 12.1 Å². The third kappa shape index (κ3) is 3.90. The Morgan fingerprint density at radius 3 is 2.50 bits per heavy atom. The molecule has 4 aliphatic rings. The number of carbonyl (C=O) groups excluding carboxylic acids is 5. The first-order valence-corrected chi connectivity index (χ1v) is 14.3. The number of aromatic hydroxyl groups is 1. The Bertz CT molecular complexity index is 1480. The molecule has 4 aliphatic carbocycles. The molecule has 10 nitrogen and oxygen atoms in total. The van der Waals surface area contributed by atoms with Gasteiger partial charge < -0.3 is 21.3 Å². The number of phenols is 1. The van der Waals surface area contributed by atoms with Gasteiger partial charge in [-0.05, 0) is 81.1 Å². The minimum Gasteiger partial charge on any atom is -0.507 e. The predicted octanol–water partition coefficient (Wildman–Crippen LogP) is 0.848. The van der Waals surface area contributed by atoms with Crippen LogP contribution in [-0.4, -0.2) is 75.9 Å². The number of phenolic OH excluding ortho intramolecular Hbond substituents is 1. The lowest BCUT2D eigenvalue weighted by atomic mass is 9.52. The number of nitrogens with one attached hydrogen (secondary N) is 1. The van der Waals surface area contributed by atoms with Gasteiger partial charge in [-0.25, -0.2) is 0 Å². The summed E-state index contributed by atoms with van der Waals surface area (Å²) in [6, 6.07) is 6.64. The van der Waals surface area contributed by atoms with Crippen molar-refractivity contribution in [1.82, 2.24) is 10.2 Å². The number of nitrogens with zero attached hydrogens (tertiary/aromatic N) is 1. The first kappa shape index (κ1) is 26.9. The lowest BCUT2D eigenvalue weighted by Crippen LogP contribution is -2.74.